The van der Waals surface area contributed by atoms with Crippen molar-refractivity contribution in [1.29, 1.82) is 0 Å². The van der Waals surface area contributed by atoms with Gasteiger partial charge in [0.1, 0.15) is 0 Å². The maximum Gasteiger partial charge on any atom is 0.239 e. The molecular formula is C19H26N6OS. The first-order valence-electron chi connectivity index (χ1n) is 9.27. The van der Waals surface area contributed by atoms with Gasteiger partial charge in [-0.05, 0) is 47.9 Å². The standard InChI is InChI=1S/C19H26N6OS/c1-6-7-8-14-9-11-15(12-10-14)25-18(21-23-24-25)27-13(2)16-20-17(22-26-16)19(3,4)5/h9-13H,6-8H2,1-5H3. The van der Waals surface area contributed by atoms with Crippen LogP contribution in [0.1, 0.15) is 70.0 Å². The molecule has 1 atom stereocenters. The third kappa shape index (κ3) is 4.74. The zero-order valence-electron chi connectivity index (χ0n) is 16.5. The van der Waals surface area contributed by atoms with Crippen LogP contribution in [-0.2, 0) is 11.8 Å². The lowest BCUT2D eigenvalue weighted by atomic mass is 9.96. The highest BCUT2D eigenvalue weighted by atomic mass is 32.2. The lowest BCUT2D eigenvalue weighted by Gasteiger charge is -2.11. The summed E-state index contributed by atoms with van der Waals surface area (Å²) in [6, 6.07) is 8.39. The van der Waals surface area contributed by atoms with E-state index in [2.05, 4.69) is 77.6 Å². The third-order valence-electron chi connectivity index (χ3n) is 4.18. The minimum atomic E-state index is -0.146. The molecule has 0 radical (unpaired) electrons. The van der Waals surface area contributed by atoms with Crippen LogP contribution in [0.25, 0.3) is 5.69 Å². The molecule has 1 aromatic carbocycles. The molecule has 0 bridgehead atoms. The van der Waals surface area contributed by atoms with Crippen molar-refractivity contribution in [3.8, 4) is 5.69 Å². The van der Waals surface area contributed by atoms with Crippen molar-refractivity contribution in [2.75, 3.05) is 0 Å². The predicted molar refractivity (Wildman–Crippen MR) is 105 cm³/mol. The maximum absolute atomic E-state index is 5.44. The summed E-state index contributed by atoms with van der Waals surface area (Å²) in [6.45, 7) is 10.4. The molecule has 0 N–H and O–H groups in total. The molecule has 0 aliphatic heterocycles. The summed E-state index contributed by atoms with van der Waals surface area (Å²) in [5.74, 6) is 1.28. The molecule has 2 aromatic heterocycles. The molecule has 0 saturated carbocycles. The van der Waals surface area contributed by atoms with E-state index in [4.69, 9.17) is 4.52 Å². The first-order valence-corrected chi connectivity index (χ1v) is 10.1. The number of thioether (sulfide) groups is 1. The van der Waals surface area contributed by atoms with E-state index in [1.807, 2.05) is 6.92 Å². The van der Waals surface area contributed by atoms with Gasteiger partial charge >= 0.3 is 0 Å². The molecule has 8 heteroatoms. The van der Waals surface area contributed by atoms with Crippen LogP contribution in [0.2, 0.25) is 0 Å². The second-order valence-electron chi connectivity index (χ2n) is 7.61. The highest BCUT2D eigenvalue weighted by Crippen LogP contribution is 2.34. The molecule has 1 unspecified atom stereocenters. The molecule has 2 heterocycles. The Hall–Kier alpha value is -2.22. The Kier molecular flexibility index (Phi) is 5.94. The van der Waals surface area contributed by atoms with E-state index < -0.39 is 0 Å². The number of aromatic nitrogens is 6. The normalized spacial score (nSPS) is 13.1. The lowest BCUT2D eigenvalue weighted by molar-refractivity contribution is 0.364. The summed E-state index contributed by atoms with van der Waals surface area (Å²) < 4.78 is 7.18. The fourth-order valence-corrected chi connectivity index (χ4v) is 3.35. The molecule has 3 aromatic rings. The van der Waals surface area contributed by atoms with Crippen molar-refractivity contribution < 1.29 is 4.52 Å². The Morgan fingerprint density at radius 3 is 2.56 bits per heavy atom. The Balaban J connectivity index is 1.74. The van der Waals surface area contributed by atoms with E-state index in [-0.39, 0.29) is 10.7 Å². The van der Waals surface area contributed by atoms with Crippen LogP contribution in [0.4, 0.5) is 0 Å². The van der Waals surface area contributed by atoms with Crippen molar-refractivity contribution in [2.24, 2.45) is 0 Å². The number of hydrogen-bond donors (Lipinski definition) is 0. The van der Waals surface area contributed by atoms with E-state index in [0.717, 1.165) is 12.1 Å². The molecule has 0 fully saturated rings. The van der Waals surface area contributed by atoms with Crippen LogP contribution < -0.4 is 0 Å². The summed E-state index contributed by atoms with van der Waals surface area (Å²) in [6.07, 6.45) is 3.49. The van der Waals surface area contributed by atoms with Gasteiger partial charge < -0.3 is 4.52 Å². The molecule has 0 saturated heterocycles. The van der Waals surface area contributed by atoms with Gasteiger partial charge in [-0.1, -0.05) is 63.2 Å². The highest BCUT2D eigenvalue weighted by molar-refractivity contribution is 7.99. The first-order chi connectivity index (χ1) is 12.9. The summed E-state index contributed by atoms with van der Waals surface area (Å²) in [5, 5.41) is 16.9. The average molecular weight is 387 g/mol. The van der Waals surface area contributed by atoms with Crippen molar-refractivity contribution in [2.45, 2.75) is 69.7 Å². The van der Waals surface area contributed by atoms with E-state index in [9.17, 15) is 0 Å². The second kappa shape index (κ2) is 8.21. The predicted octanol–water partition coefficient (Wildman–Crippen LogP) is 4.54. The van der Waals surface area contributed by atoms with Gasteiger partial charge in [-0.2, -0.15) is 9.67 Å². The molecular weight excluding hydrogens is 360 g/mol. The van der Waals surface area contributed by atoms with E-state index in [1.54, 1.807) is 4.68 Å². The molecule has 3 rings (SSSR count). The Morgan fingerprint density at radius 2 is 1.93 bits per heavy atom. The van der Waals surface area contributed by atoms with Gasteiger partial charge in [-0.25, -0.2) is 0 Å². The van der Waals surface area contributed by atoms with E-state index in [1.165, 1.54) is 30.2 Å². The third-order valence-corrected chi connectivity index (χ3v) is 5.20. The van der Waals surface area contributed by atoms with Gasteiger partial charge in [-0.3, -0.25) is 0 Å². The number of tetrazole rings is 1. The van der Waals surface area contributed by atoms with Crippen molar-refractivity contribution >= 4 is 11.8 Å². The topological polar surface area (TPSA) is 82.5 Å². The molecule has 0 spiro atoms. The van der Waals surface area contributed by atoms with Gasteiger partial charge in [0, 0.05) is 5.41 Å². The van der Waals surface area contributed by atoms with E-state index >= 15 is 0 Å². The number of benzene rings is 1. The van der Waals surface area contributed by atoms with Crippen LogP contribution in [0.5, 0.6) is 0 Å². The van der Waals surface area contributed by atoms with Crippen molar-refractivity contribution in [3.05, 3.63) is 41.5 Å². The van der Waals surface area contributed by atoms with Crippen molar-refractivity contribution in [3.63, 3.8) is 0 Å². The fourth-order valence-electron chi connectivity index (χ4n) is 2.51. The molecule has 0 aliphatic carbocycles. The second-order valence-corrected chi connectivity index (χ2v) is 8.92. The van der Waals surface area contributed by atoms with Gasteiger partial charge in [-0.15, -0.1) is 5.10 Å². The number of unbranched alkanes of at least 4 members (excludes halogenated alkanes) is 1. The van der Waals surface area contributed by atoms with Gasteiger partial charge in [0.25, 0.3) is 0 Å². The zero-order valence-corrected chi connectivity index (χ0v) is 17.3. The zero-order chi connectivity index (χ0) is 19.4. The van der Waals surface area contributed by atoms with Crippen LogP contribution in [0.3, 0.4) is 0 Å². The summed E-state index contributed by atoms with van der Waals surface area (Å²) >= 11 is 1.50. The quantitative estimate of drug-likeness (QED) is 0.551. The largest absolute Gasteiger partial charge is 0.338 e. The van der Waals surface area contributed by atoms with Crippen LogP contribution in [0, 0.1) is 0 Å². The van der Waals surface area contributed by atoms with Gasteiger partial charge in [0.15, 0.2) is 5.82 Å². The minimum Gasteiger partial charge on any atom is -0.338 e. The fraction of sp³-hybridized carbons (Fsp3) is 0.526. The number of rotatable bonds is 7. The van der Waals surface area contributed by atoms with Gasteiger partial charge in [0.2, 0.25) is 11.0 Å². The number of aryl methyl sites for hydroxylation is 1. The van der Waals surface area contributed by atoms with Gasteiger partial charge in [0.05, 0.1) is 10.9 Å². The average Bonchev–Trinajstić information content (AvgIpc) is 3.29. The highest BCUT2D eigenvalue weighted by Gasteiger charge is 2.25. The van der Waals surface area contributed by atoms with Crippen LogP contribution in [0.15, 0.2) is 33.9 Å². The molecule has 0 aliphatic rings. The summed E-state index contributed by atoms with van der Waals surface area (Å²) in [4.78, 5) is 4.53. The maximum atomic E-state index is 5.44. The SMILES string of the molecule is CCCCc1ccc(-n2nnnc2SC(C)c2nc(C(C)(C)C)no2)cc1. The molecule has 7 nitrogen and oxygen atoms in total. The summed E-state index contributed by atoms with van der Waals surface area (Å²) in [5.41, 5.74) is 2.13. The molecule has 0 amide bonds. The van der Waals surface area contributed by atoms with E-state index in [0.29, 0.717) is 16.9 Å². The number of nitrogens with zero attached hydrogens (tertiary/aromatic N) is 6. The monoisotopic (exact) mass is 386 g/mol. The summed E-state index contributed by atoms with van der Waals surface area (Å²) in [7, 11) is 0. The number of hydrogen-bond acceptors (Lipinski definition) is 7. The Morgan fingerprint density at radius 1 is 1.19 bits per heavy atom. The smallest absolute Gasteiger partial charge is 0.239 e. The minimum absolute atomic E-state index is 0.0535. The molecule has 144 valence electrons. The Labute approximate surface area is 163 Å². The molecule has 27 heavy (non-hydrogen) atoms. The lowest BCUT2D eigenvalue weighted by Crippen LogP contribution is -2.13. The first kappa shape index (κ1) is 19.5. The van der Waals surface area contributed by atoms with Crippen molar-refractivity contribution in [1.82, 2.24) is 30.3 Å². The Bertz CT molecular complexity index is 865. The van der Waals surface area contributed by atoms with Crippen LogP contribution in [-0.4, -0.2) is 30.3 Å². The van der Waals surface area contributed by atoms with Crippen LogP contribution >= 0.6 is 11.8 Å².